The Kier molecular flexibility index (Phi) is 7.29. The van der Waals surface area contributed by atoms with Crippen LogP contribution in [0.1, 0.15) is 85.5 Å². The molecule has 18 heavy (non-hydrogen) atoms. The minimum absolute atomic E-state index is 0.578. The maximum atomic E-state index is 3.67. The first-order chi connectivity index (χ1) is 8.58. The lowest BCUT2D eigenvalue weighted by atomic mass is 9.79. The molecule has 0 aromatic heterocycles. The van der Waals surface area contributed by atoms with Crippen LogP contribution in [0.2, 0.25) is 0 Å². The van der Waals surface area contributed by atoms with E-state index in [1.165, 1.54) is 64.3 Å². The summed E-state index contributed by atoms with van der Waals surface area (Å²) in [7, 11) is 0. The van der Waals surface area contributed by atoms with Crippen LogP contribution in [-0.4, -0.2) is 12.6 Å². The topological polar surface area (TPSA) is 12.0 Å². The van der Waals surface area contributed by atoms with Crippen molar-refractivity contribution in [1.82, 2.24) is 5.32 Å². The number of unbranched alkanes of at least 4 members (excludes halogenated alkanes) is 5. The molecule has 0 aromatic carbocycles. The third kappa shape index (κ3) is 6.22. The van der Waals surface area contributed by atoms with E-state index in [9.17, 15) is 0 Å². The van der Waals surface area contributed by atoms with Crippen molar-refractivity contribution >= 4 is 0 Å². The summed E-state index contributed by atoms with van der Waals surface area (Å²) < 4.78 is 0. The number of hydrogen-bond donors (Lipinski definition) is 1. The van der Waals surface area contributed by atoms with Crippen molar-refractivity contribution in [3.63, 3.8) is 0 Å². The highest BCUT2D eigenvalue weighted by Gasteiger charge is 2.40. The van der Waals surface area contributed by atoms with E-state index in [4.69, 9.17) is 0 Å². The van der Waals surface area contributed by atoms with Crippen LogP contribution < -0.4 is 5.32 Å². The first-order valence-electron chi connectivity index (χ1n) is 8.32. The molecule has 1 aliphatic rings. The molecule has 0 spiro atoms. The van der Waals surface area contributed by atoms with Crippen LogP contribution in [0.5, 0.6) is 0 Å². The Labute approximate surface area is 115 Å². The first-order valence-corrected chi connectivity index (χ1v) is 8.32. The number of rotatable bonds is 11. The van der Waals surface area contributed by atoms with Crippen LogP contribution in [0.25, 0.3) is 0 Å². The Hall–Kier alpha value is -0.0400. The predicted octanol–water partition coefficient (Wildman–Crippen LogP) is 5.15. The average molecular weight is 253 g/mol. The van der Waals surface area contributed by atoms with Crippen LogP contribution in [0.15, 0.2) is 0 Å². The fourth-order valence-electron chi connectivity index (χ4n) is 2.96. The molecule has 0 saturated heterocycles. The van der Waals surface area contributed by atoms with Crippen molar-refractivity contribution < 1.29 is 0 Å². The normalized spacial score (nSPS) is 19.2. The van der Waals surface area contributed by atoms with E-state index >= 15 is 0 Å². The van der Waals surface area contributed by atoms with E-state index in [-0.39, 0.29) is 0 Å². The molecule has 0 radical (unpaired) electrons. The molecule has 0 aliphatic heterocycles. The first kappa shape index (κ1) is 16.0. The van der Waals surface area contributed by atoms with Crippen molar-refractivity contribution in [2.45, 2.75) is 91.5 Å². The Morgan fingerprint density at radius 3 is 2.22 bits per heavy atom. The van der Waals surface area contributed by atoms with Gasteiger partial charge < -0.3 is 5.32 Å². The fourth-order valence-corrected chi connectivity index (χ4v) is 2.96. The zero-order chi connectivity index (χ0) is 13.4. The van der Waals surface area contributed by atoms with Gasteiger partial charge in [-0.2, -0.15) is 0 Å². The van der Waals surface area contributed by atoms with Gasteiger partial charge in [-0.25, -0.2) is 0 Å². The van der Waals surface area contributed by atoms with Crippen molar-refractivity contribution in [2.75, 3.05) is 6.54 Å². The van der Waals surface area contributed by atoms with E-state index in [0.717, 1.165) is 5.92 Å². The molecule has 0 heterocycles. The Bertz CT molecular complexity index is 208. The second kappa shape index (κ2) is 8.19. The zero-order valence-electron chi connectivity index (χ0n) is 13.2. The van der Waals surface area contributed by atoms with Gasteiger partial charge in [0, 0.05) is 12.6 Å². The van der Waals surface area contributed by atoms with Crippen LogP contribution in [-0.2, 0) is 0 Å². The molecule has 108 valence electrons. The van der Waals surface area contributed by atoms with Crippen molar-refractivity contribution in [2.24, 2.45) is 11.3 Å². The molecular weight excluding hydrogens is 218 g/mol. The molecule has 1 nitrogen and oxygen atoms in total. The quantitative estimate of drug-likeness (QED) is 0.502. The largest absolute Gasteiger partial charge is 0.314 e. The summed E-state index contributed by atoms with van der Waals surface area (Å²) in [5, 5.41) is 3.67. The van der Waals surface area contributed by atoms with Crippen LogP contribution in [0.3, 0.4) is 0 Å². The molecule has 1 unspecified atom stereocenters. The number of nitrogens with one attached hydrogen (secondary N) is 1. The van der Waals surface area contributed by atoms with Gasteiger partial charge in [-0.15, -0.1) is 0 Å². The molecule has 1 fully saturated rings. The summed E-state index contributed by atoms with van der Waals surface area (Å²) in [6.45, 7) is 10.6. The second-order valence-corrected chi connectivity index (χ2v) is 6.98. The van der Waals surface area contributed by atoms with E-state index in [1.807, 2.05) is 0 Å². The summed E-state index contributed by atoms with van der Waals surface area (Å²) in [5.41, 5.74) is 0.578. The minimum atomic E-state index is 0.578. The van der Waals surface area contributed by atoms with Crippen LogP contribution in [0.4, 0.5) is 0 Å². The minimum Gasteiger partial charge on any atom is -0.314 e. The third-order valence-corrected chi connectivity index (χ3v) is 4.58. The van der Waals surface area contributed by atoms with Crippen molar-refractivity contribution in [3.8, 4) is 0 Å². The Morgan fingerprint density at radius 2 is 1.67 bits per heavy atom. The van der Waals surface area contributed by atoms with Gasteiger partial charge in [-0.05, 0) is 30.6 Å². The molecule has 0 bridgehead atoms. The van der Waals surface area contributed by atoms with Gasteiger partial charge in [-0.1, -0.05) is 66.2 Å². The van der Waals surface area contributed by atoms with Crippen molar-refractivity contribution in [1.29, 1.82) is 0 Å². The van der Waals surface area contributed by atoms with Gasteiger partial charge in [0.15, 0.2) is 0 Å². The summed E-state index contributed by atoms with van der Waals surface area (Å²) in [5.74, 6) is 1.01. The summed E-state index contributed by atoms with van der Waals surface area (Å²) in [6.07, 6.45) is 13.0. The third-order valence-electron chi connectivity index (χ3n) is 4.58. The van der Waals surface area contributed by atoms with E-state index in [1.54, 1.807) is 0 Å². The number of hydrogen-bond acceptors (Lipinski definition) is 1. The molecular formula is C17H35N. The standard InChI is InChI=1S/C17H35N/c1-5-6-7-8-9-10-13-17(4,16-11-12-16)14-18-15(2)3/h15-16,18H,5-14H2,1-4H3. The molecule has 1 aliphatic carbocycles. The van der Waals surface area contributed by atoms with E-state index in [0.29, 0.717) is 11.5 Å². The summed E-state index contributed by atoms with van der Waals surface area (Å²) in [6, 6.07) is 0.632. The van der Waals surface area contributed by atoms with Crippen molar-refractivity contribution in [3.05, 3.63) is 0 Å². The molecule has 1 atom stereocenters. The molecule has 1 N–H and O–H groups in total. The predicted molar refractivity (Wildman–Crippen MR) is 82.0 cm³/mol. The highest BCUT2D eigenvalue weighted by atomic mass is 14.9. The van der Waals surface area contributed by atoms with E-state index in [2.05, 4.69) is 33.0 Å². The molecule has 1 heteroatoms. The molecule has 0 aromatic rings. The van der Waals surface area contributed by atoms with Gasteiger partial charge >= 0.3 is 0 Å². The van der Waals surface area contributed by atoms with Gasteiger partial charge in [0.05, 0.1) is 0 Å². The highest BCUT2D eigenvalue weighted by Crippen LogP contribution is 2.48. The van der Waals surface area contributed by atoms with E-state index < -0.39 is 0 Å². The monoisotopic (exact) mass is 253 g/mol. The van der Waals surface area contributed by atoms with Crippen LogP contribution >= 0.6 is 0 Å². The van der Waals surface area contributed by atoms with Gasteiger partial charge in [0.2, 0.25) is 0 Å². The average Bonchev–Trinajstić information content (AvgIpc) is 3.15. The fraction of sp³-hybridized carbons (Fsp3) is 1.00. The van der Waals surface area contributed by atoms with Gasteiger partial charge in [0.1, 0.15) is 0 Å². The Morgan fingerprint density at radius 1 is 1.06 bits per heavy atom. The summed E-state index contributed by atoms with van der Waals surface area (Å²) >= 11 is 0. The Balaban J connectivity index is 2.16. The lowest BCUT2D eigenvalue weighted by Gasteiger charge is -2.31. The van der Waals surface area contributed by atoms with Gasteiger partial charge in [-0.3, -0.25) is 0 Å². The highest BCUT2D eigenvalue weighted by molar-refractivity contribution is 4.92. The van der Waals surface area contributed by atoms with Crippen LogP contribution in [0, 0.1) is 11.3 Å². The van der Waals surface area contributed by atoms with Gasteiger partial charge in [0.25, 0.3) is 0 Å². The molecule has 1 rings (SSSR count). The second-order valence-electron chi connectivity index (χ2n) is 6.98. The zero-order valence-corrected chi connectivity index (χ0v) is 13.2. The SMILES string of the molecule is CCCCCCCCC(C)(CNC(C)C)C1CC1. The molecule has 1 saturated carbocycles. The lowest BCUT2D eigenvalue weighted by molar-refractivity contribution is 0.222. The maximum Gasteiger partial charge on any atom is 0.00106 e. The summed E-state index contributed by atoms with van der Waals surface area (Å²) in [4.78, 5) is 0. The smallest absolute Gasteiger partial charge is 0.00106 e. The lowest BCUT2D eigenvalue weighted by Crippen LogP contribution is -2.37. The maximum absolute atomic E-state index is 3.67. The molecule has 0 amide bonds.